The largest absolute Gasteiger partial charge is 0.326 e. The Kier molecular flexibility index (Phi) is 4.72. The maximum atomic E-state index is 12.7. The molecule has 2 rings (SSSR count). The number of nitrogens with two attached hydrogens (primary N) is 1. The molecule has 7 heteroatoms. The highest BCUT2D eigenvalue weighted by Crippen LogP contribution is 2.35. The molecule has 0 spiro atoms. The van der Waals surface area contributed by atoms with E-state index in [1.165, 1.54) is 11.3 Å². The summed E-state index contributed by atoms with van der Waals surface area (Å²) in [4.78, 5) is 1.24. The van der Waals surface area contributed by atoms with Crippen molar-refractivity contribution in [1.29, 1.82) is 0 Å². The third-order valence-electron chi connectivity index (χ3n) is 3.36. The SMILES string of the molecule is CC1CC(C)CN(S(=O)(=O)c2cc(CN)sc2Br)C1. The standard InChI is InChI=1S/C12H19BrN2O2S2/c1-8-3-9(2)7-15(6-8)19(16,17)11-4-10(5-14)18-12(11)13/h4,8-9H,3,5-7,14H2,1-2H3. The molecule has 108 valence electrons. The molecule has 19 heavy (non-hydrogen) atoms. The Bertz CT molecular complexity index is 546. The van der Waals surface area contributed by atoms with Crippen LogP contribution >= 0.6 is 27.3 Å². The molecule has 0 radical (unpaired) electrons. The molecule has 1 aromatic heterocycles. The molecule has 1 aromatic rings. The third kappa shape index (κ3) is 3.21. The van der Waals surface area contributed by atoms with Crippen LogP contribution in [0.2, 0.25) is 0 Å². The van der Waals surface area contributed by atoms with E-state index in [4.69, 9.17) is 5.73 Å². The van der Waals surface area contributed by atoms with Gasteiger partial charge in [0.05, 0.1) is 3.79 Å². The summed E-state index contributed by atoms with van der Waals surface area (Å²) in [5, 5.41) is 0. The summed E-state index contributed by atoms with van der Waals surface area (Å²) in [5.74, 6) is 0.815. The zero-order chi connectivity index (χ0) is 14.2. The second kappa shape index (κ2) is 5.81. The minimum Gasteiger partial charge on any atom is -0.326 e. The zero-order valence-electron chi connectivity index (χ0n) is 11.1. The molecule has 1 aliphatic rings. The maximum absolute atomic E-state index is 12.7. The van der Waals surface area contributed by atoms with Gasteiger partial charge in [-0.05, 0) is 40.3 Å². The molecule has 1 aliphatic heterocycles. The van der Waals surface area contributed by atoms with Crippen molar-refractivity contribution in [3.05, 3.63) is 14.7 Å². The highest BCUT2D eigenvalue weighted by Gasteiger charge is 2.33. The van der Waals surface area contributed by atoms with Gasteiger partial charge in [-0.15, -0.1) is 11.3 Å². The van der Waals surface area contributed by atoms with Crippen LogP contribution < -0.4 is 5.73 Å². The van der Waals surface area contributed by atoms with E-state index in [0.717, 1.165) is 11.3 Å². The van der Waals surface area contributed by atoms with E-state index in [-0.39, 0.29) is 0 Å². The van der Waals surface area contributed by atoms with E-state index in [1.807, 2.05) is 0 Å². The van der Waals surface area contributed by atoms with Crippen molar-refractivity contribution in [2.24, 2.45) is 17.6 Å². The first-order chi connectivity index (χ1) is 8.84. The summed E-state index contributed by atoms with van der Waals surface area (Å²) in [6.45, 7) is 5.78. The van der Waals surface area contributed by atoms with Gasteiger partial charge in [0.1, 0.15) is 4.90 Å². The first-order valence-corrected chi connectivity index (χ1v) is 9.38. The van der Waals surface area contributed by atoms with E-state index in [2.05, 4.69) is 29.8 Å². The quantitative estimate of drug-likeness (QED) is 0.893. The molecule has 1 fully saturated rings. The predicted octanol–water partition coefficient (Wildman–Crippen LogP) is 2.64. The fraction of sp³-hybridized carbons (Fsp3) is 0.667. The lowest BCUT2D eigenvalue weighted by Gasteiger charge is -2.33. The number of piperidine rings is 1. The van der Waals surface area contributed by atoms with Crippen molar-refractivity contribution >= 4 is 37.3 Å². The van der Waals surface area contributed by atoms with Gasteiger partial charge >= 0.3 is 0 Å². The van der Waals surface area contributed by atoms with Gasteiger partial charge in [0.15, 0.2) is 0 Å². The summed E-state index contributed by atoms with van der Waals surface area (Å²) < 4.78 is 27.6. The molecule has 1 saturated heterocycles. The predicted molar refractivity (Wildman–Crippen MR) is 81.6 cm³/mol. The van der Waals surface area contributed by atoms with E-state index >= 15 is 0 Å². The van der Waals surface area contributed by atoms with Gasteiger partial charge in [-0.3, -0.25) is 0 Å². The number of nitrogens with zero attached hydrogens (tertiary/aromatic N) is 1. The topological polar surface area (TPSA) is 63.4 Å². The molecule has 2 N–H and O–H groups in total. The van der Waals surface area contributed by atoms with Crippen molar-refractivity contribution in [2.45, 2.75) is 31.7 Å². The van der Waals surface area contributed by atoms with Crippen LogP contribution in [0.25, 0.3) is 0 Å². The van der Waals surface area contributed by atoms with Crippen molar-refractivity contribution in [2.75, 3.05) is 13.1 Å². The Morgan fingerprint density at radius 2 is 2.00 bits per heavy atom. The molecular weight excluding hydrogens is 348 g/mol. The molecule has 2 unspecified atom stereocenters. The second-order valence-corrected chi connectivity index (χ2v) is 9.68. The first-order valence-electron chi connectivity index (χ1n) is 6.33. The van der Waals surface area contributed by atoms with Crippen molar-refractivity contribution in [3.8, 4) is 0 Å². The molecule has 2 atom stereocenters. The van der Waals surface area contributed by atoms with Crippen LogP contribution in [0.15, 0.2) is 14.7 Å². The zero-order valence-corrected chi connectivity index (χ0v) is 14.3. The van der Waals surface area contributed by atoms with Crippen molar-refractivity contribution < 1.29 is 8.42 Å². The molecule has 2 heterocycles. The minimum absolute atomic E-state index is 0.360. The molecule has 0 aromatic carbocycles. The third-order valence-corrected chi connectivity index (χ3v) is 7.47. The van der Waals surface area contributed by atoms with E-state index < -0.39 is 10.0 Å². The first kappa shape index (κ1) is 15.4. The second-order valence-electron chi connectivity index (χ2n) is 5.32. The number of sulfonamides is 1. The van der Waals surface area contributed by atoms with Gasteiger partial charge < -0.3 is 5.73 Å². The van der Waals surface area contributed by atoms with Gasteiger partial charge in [0, 0.05) is 24.5 Å². The van der Waals surface area contributed by atoms with Crippen LogP contribution in [-0.4, -0.2) is 25.8 Å². The normalized spacial score (nSPS) is 25.7. The Morgan fingerprint density at radius 1 is 1.42 bits per heavy atom. The average molecular weight is 367 g/mol. The molecule has 0 amide bonds. The van der Waals surface area contributed by atoms with Crippen LogP contribution in [0.4, 0.5) is 0 Å². The van der Waals surface area contributed by atoms with E-state index in [0.29, 0.717) is 40.2 Å². The average Bonchev–Trinajstić information content (AvgIpc) is 2.70. The number of thiophene rings is 1. The molecule has 0 aliphatic carbocycles. The molecule has 0 saturated carbocycles. The van der Waals surface area contributed by atoms with Gasteiger partial charge in [-0.2, -0.15) is 4.31 Å². The highest BCUT2D eigenvalue weighted by molar-refractivity contribution is 9.11. The van der Waals surface area contributed by atoms with Gasteiger partial charge in [-0.1, -0.05) is 13.8 Å². The lowest BCUT2D eigenvalue weighted by Crippen LogP contribution is -2.42. The summed E-state index contributed by atoms with van der Waals surface area (Å²) >= 11 is 4.74. The summed E-state index contributed by atoms with van der Waals surface area (Å²) in [6.07, 6.45) is 1.09. The van der Waals surface area contributed by atoms with Gasteiger partial charge in [-0.25, -0.2) is 8.42 Å². The highest BCUT2D eigenvalue weighted by atomic mass is 79.9. The molecule has 4 nitrogen and oxygen atoms in total. The Morgan fingerprint density at radius 3 is 2.47 bits per heavy atom. The Hall–Kier alpha value is 0.0500. The Labute approximate surface area is 127 Å². The Balaban J connectivity index is 2.33. The van der Waals surface area contributed by atoms with Crippen LogP contribution in [0, 0.1) is 11.8 Å². The molecular formula is C12H19BrN2O2S2. The van der Waals surface area contributed by atoms with Crippen LogP contribution in [0.5, 0.6) is 0 Å². The fourth-order valence-corrected chi connectivity index (χ4v) is 6.81. The minimum atomic E-state index is -3.41. The van der Waals surface area contributed by atoms with Crippen LogP contribution in [-0.2, 0) is 16.6 Å². The van der Waals surface area contributed by atoms with Crippen molar-refractivity contribution in [3.63, 3.8) is 0 Å². The lowest BCUT2D eigenvalue weighted by molar-refractivity contribution is 0.222. The fourth-order valence-electron chi connectivity index (χ4n) is 2.62. The van der Waals surface area contributed by atoms with Gasteiger partial charge in [0.25, 0.3) is 0 Å². The van der Waals surface area contributed by atoms with E-state index in [9.17, 15) is 8.42 Å². The summed E-state index contributed by atoms with van der Waals surface area (Å²) in [5.41, 5.74) is 5.58. The van der Waals surface area contributed by atoms with E-state index in [1.54, 1.807) is 10.4 Å². The van der Waals surface area contributed by atoms with Crippen LogP contribution in [0.1, 0.15) is 25.1 Å². The maximum Gasteiger partial charge on any atom is 0.245 e. The van der Waals surface area contributed by atoms with Crippen molar-refractivity contribution in [1.82, 2.24) is 4.31 Å². The number of hydrogen-bond donors (Lipinski definition) is 1. The number of hydrogen-bond acceptors (Lipinski definition) is 4. The monoisotopic (exact) mass is 366 g/mol. The summed E-state index contributed by atoms with van der Waals surface area (Å²) in [7, 11) is -3.41. The lowest BCUT2D eigenvalue weighted by atomic mass is 9.94. The molecule has 0 bridgehead atoms. The smallest absolute Gasteiger partial charge is 0.245 e. The number of rotatable bonds is 3. The summed E-state index contributed by atoms with van der Waals surface area (Å²) in [6, 6.07) is 1.69. The van der Waals surface area contributed by atoms with Crippen LogP contribution in [0.3, 0.4) is 0 Å². The van der Waals surface area contributed by atoms with Gasteiger partial charge in [0.2, 0.25) is 10.0 Å². The number of halogens is 1.